The predicted octanol–water partition coefficient (Wildman–Crippen LogP) is 2.25. The van der Waals surface area contributed by atoms with Gasteiger partial charge in [0.1, 0.15) is 0 Å². The minimum atomic E-state index is -0.661. The van der Waals surface area contributed by atoms with Gasteiger partial charge in [-0.3, -0.25) is 0 Å². The summed E-state index contributed by atoms with van der Waals surface area (Å²) in [6.45, 7) is 3.65. The Labute approximate surface area is 82.3 Å². The van der Waals surface area contributed by atoms with Crippen LogP contribution in [-0.4, -0.2) is 12.2 Å². The van der Waals surface area contributed by atoms with Crippen molar-refractivity contribution in [2.24, 2.45) is 0 Å². The molecule has 0 saturated heterocycles. The molecule has 0 heterocycles. The lowest BCUT2D eigenvalue weighted by molar-refractivity contribution is 0.356. The average molecular weight is 199 g/mol. The van der Waals surface area contributed by atoms with Gasteiger partial charge in [-0.05, 0) is 17.5 Å². The van der Waals surface area contributed by atoms with Crippen molar-refractivity contribution in [3.63, 3.8) is 0 Å². The Hall–Kier alpha value is -1.45. The van der Waals surface area contributed by atoms with Crippen LogP contribution in [0, 0.1) is 5.82 Å². The fourth-order valence-corrected chi connectivity index (χ4v) is 1.30. The van der Waals surface area contributed by atoms with E-state index in [1.165, 1.54) is 13.2 Å². The fourth-order valence-electron chi connectivity index (χ4n) is 1.30. The maximum Gasteiger partial charge on any atom is 0.196 e. The third-order valence-corrected chi connectivity index (χ3v) is 2.08. The maximum absolute atomic E-state index is 13.5. The van der Waals surface area contributed by atoms with Crippen molar-refractivity contribution in [2.45, 2.75) is 19.8 Å². The molecule has 0 aliphatic rings. The molecule has 1 aromatic carbocycles. The monoisotopic (exact) mass is 199 g/mol. The second-order valence-electron chi connectivity index (χ2n) is 3.41. The van der Waals surface area contributed by atoms with Crippen molar-refractivity contribution in [1.29, 1.82) is 0 Å². The van der Waals surface area contributed by atoms with E-state index in [1.54, 1.807) is 0 Å². The van der Waals surface area contributed by atoms with Gasteiger partial charge in [-0.2, -0.15) is 0 Å². The molecule has 0 fully saturated rings. The summed E-state index contributed by atoms with van der Waals surface area (Å²) in [6, 6.07) is 1.48. The zero-order chi connectivity index (χ0) is 10.9. The summed E-state index contributed by atoms with van der Waals surface area (Å²) in [5.41, 5.74) is 6.22. The highest BCUT2D eigenvalue weighted by molar-refractivity contribution is 5.62. The van der Waals surface area contributed by atoms with Gasteiger partial charge < -0.3 is 15.6 Å². The van der Waals surface area contributed by atoms with Gasteiger partial charge in [0.05, 0.1) is 12.8 Å². The van der Waals surface area contributed by atoms with Crippen LogP contribution in [0.4, 0.5) is 10.1 Å². The Morgan fingerprint density at radius 2 is 2.07 bits per heavy atom. The number of methoxy groups -OCH3 is 1. The van der Waals surface area contributed by atoms with Gasteiger partial charge in [0.15, 0.2) is 17.3 Å². The Morgan fingerprint density at radius 1 is 1.50 bits per heavy atom. The van der Waals surface area contributed by atoms with Gasteiger partial charge in [-0.25, -0.2) is 4.39 Å². The Morgan fingerprint density at radius 3 is 2.50 bits per heavy atom. The number of halogens is 1. The van der Waals surface area contributed by atoms with Gasteiger partial charge >= 0.3 is 0 Å². The summed E-state index contributed by atoms with van der Waals surface area (Å²) in [7, 11) is 1.33. The van der Waals surface area contributed by atoms with Crippen LogP contribution in [0.5, 0.6) is 11.5 Å². The molecule has 14 heavy (non-hydrogen) atoms. The quantitative estimate of drug-likeness (QED) is 0.718. The minimum Gasteiger partial charge on any atom is -0.502 e. The lowest BCUT2D eigenvalue weighted by Crippen LogP contribution is -2.00. The number of aromatic hydroxyl groups is 1. The molecular formula is C10H14FNO2. The van der Waals surface area contributed by atoms with E-state index in [0.717, 1.165) is 0 Å². The molecule has 0 aliphatic carbocycles. The van der Waals surface area contributed by atoms with E-state index in [0.29, 0.717) is 5.56 Å². The second kappa shape index (κ2) is 3.74. The number of rotatable bonds is 2. The van der Waals surface area contributed by atoms with E-state index in [4.69, 9.17) is 10.5 Å². The lowest BCUT2D eigenvalue weighted by Gasteiger charge is -2.13. The molecule has 0 unspecified atom stereocenters. The molecule has 4 heteroatoms. The normalized spacial score (nSPS) is 10.6. The van der Waals surface area contributed by atoms with Crippen molar-refractivity contribution in [3.8, 4) is 11.5 Å². The Balaban J connectivity index is 3.40. The second-order valence-corrected chi connectivity index (χ2v) is 3.41. The Kier molecular flexibility index (Phi) is 2.84. The van der Waals surface area contributed by atoms with Crippen LogP contribution in [-0.2, 0) is 0 Å². The first-order chi connectivity index (χ1) is 6.49. The smallest absolute Gasteiger partial charge is 0.196 e. The molecule has 0 bridgehead atoms. The van der Waals surface area contributed by atoms with Crippen molar-refractivity contribution in [2.75, 3.05) is 12.8 Å². The minimum absolute atomic E-state index is 0.00750. The summed E-state index contributed by atoms with van der Waals surface area (Å²) >= 11 is 0. The van der Waals surface area contributed by atoms with Crippen LogP contribution in [0.2, 0.25) is 0 Å². The van der Waals surface area contributed by atoms with E-state index in [9.17, 15) is 9.50 Å². The molecule has 78 valence electrons. The standard InChI is InChI=1S/C10H14FNO2/c1-5(2)6-4-7(12)10(14-3)9(13)8(6)11/h4-5,13H,12H2,1-3H3. The van der Waals surface area contributed by atoms with Crippen LogP contribution in [0.3, 0.4) is 0 Å². The van der Waals surface area contributed by atoms with Crippen LogP contribution in [0.1, 0.15) is 25.3 Å². The molecule has 0 radical (unpaired) electrons. The fraction of sp³-hybridized carbons (Fsp3) is 0.400. The van der Waals surface area contributed by atoms with Crippen LogP contribution in [0.25, 0.3) is 0 Å². The molecular weight excluding hydrogens is 185 g/mol. The van der Waals surface area contributed by atoms with E-state index in [-0.39, 0.29) is 17.4 Å². The molecule has 0 aromatic heterocycles. The number of nitrogen functional groups attached to an aromatic ring is 1. The van der Waals surface area contributed by atoms with Crippen LogP contribution in [0.15, 0.2) is 6.07 Å². The van der Waals surface area contributed by atoms with Crippen molar-refractivity contribution in [3.05, 3.63) is 17.4 Å². The highest BCUT2D eigenvalue weighted by atomic mass is 19.1. The number of hydrogen-bond donors (Lipinski definition) is 2. The first-order valence-corrected chi connectivity index (χ1v) is 4.33. The molecule has 0 amide bonds. The van der Waals surface area contributed by atoms with Crippen LogP contribution >= 0.6 is 0 Å². The number of ether oxygens (including phenoxy) is 1. The van der Waals surface area contributed by atoms with E-state index < -0.39 is 11.6 Å². The van der Waals surface area contributed by atoms with E-state index >= 15 is 0 Å². The first-order valence-electron chi connectivity index (χ1n) is 4.33. The third kappa shape index (κ3) is 1.60. The van der Waals surface area contributed by atoms with Crippen molar-refractivity contribution >= 4 is 5.69 Å². The van der Waals surface area contributed by atoms with Gasteiger partial charge in [0, 0.05) is 0 Å². The van der Waals surface area contributed by atoms with Gasteiger partial charge in [-0.1, -0.05) is 13.8 Å². The number of hydrogen-bond acceptors (Lipinski definition) is 3. The maximum atomic E-state index is 13.5. The zero-order valence-electron chi connectivity index (χ0n) is 8.47. The SMILES string of the molecule is COc1c(N)cc(C(C)C)c(F)c1O. The summed E-state index contributed by atoms with van der Waals surface area (Å²) < 4.78 is 18.3. The highest BCUT2D eigenvalue weighted by Gasteiger charge is 2.18. The highest BCUT2D eigenvalue weighted by Crippen LogP contribution is 2.38. The number of phenolic OH excluding ortho intramolecular Hbond substituents is 1. The molecule has 0 atom stereocenters. The number of benzene rings is 1. The largest absolute Gasteiger partial charge is 0.502 e. The van der Waals surface area contributed by atoms with Crippen LogP contribution < -0.4 is 10.5 Å². The summed E-state index contributed by atoms with van der Waals surface area (Å²) in [5.74, 6) is -1.22. The first kappa shape index (κ1) is 10.6. The number of nitrogens with two attached hydrogens (primary N) is 1. The topological polar surface area (TPSA) is 55.5 Å². The predicted molar refractivity (Wildman–Crippen MR) is 53.1 cm³/mol. The summed E-state index contributed by atoms with van der Waals surface area (Å²) in [5, 5.41) is 9.43. The summed E-state index contributed by atoms with van der Waals surface area (Å²) in [4.78, 5) is 0. The van der Waals surface area contributed by atoms with E-state index in [1.807, 2.05) is 13.8 Å². The van der Waals surface area contributed by atoms with Crippen molar-refractivity contribution < 1.29 is 14.2 Å². The molecule has 1 aromatic rings. The molecule has 3 N–H and O–H groups in total. The molecule has 1 rings (SSSR count). The zero-order valence-corrected chi connectivity index (χ0v) is 8.47. The lowest BCUT2D eigenvalue weighted by atomic mass is 10.0. The molecule has 0 spiro atoms. The van der Waals surface area contributed by atoms with Crippen molar-refractivity contribution in [1.82, 2.24) is 0 Å². The average Bonchev–Trinajstić information content (AvgIpc) is 2.12. The molecule has 0 aliphatic heterocycles. The van der Waals surface area contributed by atoms with Gasteiger partial charge in [0.2, 0.25) is 0 Å². The summed E-state index contributed by atoms with van der Waals surface area (Å²) in [6.07, 6.45) is 0. The molecule has 0 saturated carbocycles. The Bertz CT molecular complexity index is 350. The van der Waals surface area contributed by atoms with Gasteiger partial charge in [0.25, 0.3) is 0 Å². The number of anilines is 1. The van der Waals surface area contributed by atoms with E-state index in [2.05, 4.69) is 0 Å². The number of phenols is 1. The van der Waals surface area contributed by atoms with Gasteiger partial charge in [-0.15, -0.1) is 0 Å². The third-order valence-electron chi connectivity index (χ3n) is 2.08. The molecule has 3 nitrogen and oxygen atoms in total.